The molecule has 0 saturated carbocycles. The number of aliphatic hydroxyl groups is 1. The molecule has 0 radical (unpaired) electrons. The van der Waals surface area contributed by atoms with E-state index in [2.05, 4.69) is 20.8 Å². The van der Waals surface area contributed by atoms with E-state index in [1.165, 1.54) is 0 Å². The van der Waals surface area contributed by atoms with E-state index in [1.807, 2.05) is 30.3 Å². The van der Waals surface area contributed by atoms with Crippen molar-refractivity contribution in [2.45, 2.75) is 46.1 Å². The van der Waals surface area contributed by atoms with Crippen LogP contribution in [-0.2, 0) is 0 Å². The second-order valence-corrected chi connectivity index (χ2v) is 5.38. The van der Waals surface area contributed by atoms with Gasteiger partial charge in [0.1, 0.15) is 0 Å². The van der Waals surface area contributed by atoms with E-state index in [1.54, 1.807) is 0 Å². The highest BCUT2D eigenvalue weighted by Crippen LogP contribution is 2.25. The molecule has 0 fully saturated rings. The van der Waals surface area contributed by atoms with Gasteiger partial charge in [-0.1, -0.05) is 57.5 Å². The molecule has 0 aliphatic carbocycles. The summed E-state index contributed by atoms with van der Waals surface area (Å²) in [6.07, 6.45) is 2.81. The molecule has 1 rings (SSSR count). The predicted molar refractivity (Wildman–Crippen MR) is 64.7 cm³/mol. The predicted octanol–water partition coefficient (Wildman–Crippen LogP) is 3.94. The summed E-state index contributed by atoms with van der Waals surface area (Å²) in [4.78, 5) is 0. The molecule has 1 aromatic carbocycles. The fourth-order valence-electron chi connectivity index (χ4n) is 1.67. The van der Waals surface area contributed by atoms with Gasteiger partial charge in [0.2, 0.25) is 0 Å². The van der Waals surface area contributed by atoms with Crippen LogP contribution in [0.25, 0.3) is 0 Å². The normalized spacial score (nSPS) is 13.9. The molecule has 0 amide bonds. The van der Waals surface area contributed by atoms with Crippen molar-refractivity contribution < 1.29 is 5.11 Å². The topological polar surface area (TPSA) is 20.2 Å². The lowest BCUT2D eigenvalue weighted by atomic mass is 9.88. The Balaban J connectivity index is 2.34. The van der Waals surface area contributed by atoms with Crippen molar-refractivity contribution in [3.63, 3.8) is 0 Å². The smallest absolute Gasteiger partial charge is 0.0790 e. The Labute approximate surface area is 93.1 Å². The van der Waals surface area contributed by atoms with Crippen LogP contribution >= 0.6 is 0 Å². The molecule has 1 aromatic rings. The van der Waals surface area contributed by atoms with Crippen molar-refractivity contribution in [1.82, 2.24) is 0 Å². The zero-order valence-corrected chi connectivity index (χ0v) is 10.0. The molecule has 1 N–H and O–H groups in total. The minimum Gasteiger partial charge on any atom is -0.388 e. The minimum absolute atomic E-state index is 0.298. The molecule has 0 aliphatic heterocycles. The first-order valence-electron chi connectivity index (χ1n) is 5.72. The molecule has 0 spiro atoms. The zero-order valence-electron chi connectivity index (χ0n) is 10.0. The Hall–Kier alpha value is -0.820. The molecule has 1 heteroatoms. The van der Waals surface area contributed by atoms with Gasteiger partial charge in [0.05, 0.1) is 6.10 Å². The molecule has 1 nitrogen and oxygen atoms in total. The molecule has 0 aliphatic rings. The molecular weight excluding hydrogens is 184 g/mol. The summed E-state index contributed by atoms with van der Waals surface area (Å²) in [7, 11) is 0. The van der Waals surface area contributed by atoms with Gasteiger partial charge in [-0.3, -0.25) is 0 Å². The summed E-state index contributed by atoms with van der Waals surface area (Å²) in [5.41, 5.74) is 1.41. The summed E-state index contributed by atoms with van der Waals surface area (Å²) in [6, 6.07) is 9.90. The fourth-order valence-corrected chi connectivity index (χ4v) is 1.67. The van der Waals surface area contributed by atoms with Gasteiger partial charge in [-0.2, -0.15) is 0 Å². The number of aliphatic hydroxyl groups excluding tert-OH is 1. The summed E-state index contributed by atoms with van der Waals surface area (Å²) < 4.78 is 0. The van der Waals surface area contributed by atoms with E-state index in [-0.39, 0.29) is 6.10 Å². The summed E-state index contributed by atoms with van der Waals surface area (Å²) in [5.74, 6) is 0. The van der Waals surface area contributed by atoms with E-state index in [0.29, 0.717) is 5.41 Å². The quantitative estimate of drug-likeness (QED) is 0.791. The van der Waals surface area contributed by atoms with Gasteiger partial charge in [-0.05, 0) is 23.8 Å². The van der Waals surface area contributed by atoms with Crippen molar-refractivity contribution in [1.29, 1.82) is 0 Å². The van der Waals surface area contributed by atoms with Crippen molar-refractivity contribution in [2.75, 3.05) is 0 Å². The molecule has 0 aromatic heterocycles. The van der Waals surface area contributed by atoms with Crippen molar-refractivity contribution in [2.24, 2.45) is 5.41 Å². The van der Waals surface area contributed by atoms with E-state index in [0.717, 1.165) is 24.8 Å². The first-order chi connectivity index (χ1) is 6.99. The molecule has 84 valence electrons. The third-order valence-electron chi connectivity index (χ3n) is 2.59. The monoisotopic (exact) mass is 206 g/mol. The first-order valence-corrected chi connectivity index (χ1v) is 5.72. The van der Waals surface area contributed by atoms with Gasteiger partial charge in [-0.15, -0.1) is 0 Å². The molecule has 0 bridgehead atoms. The molecule has 0 saturated heterocycles. The highest BCUT2D eigenvalue weighted by molar-refractivity contribution is 5.16. The standard InChI is InChI=1S/C14H22O/c1-14(2,3)11-7-10-13(15)12-8-5-4-6-9-12/h4-6,8-9,13,15H,7,10-11H2,1-3H3. The van der Waals surface area contributed by atoms with Gasteiger partial charge >= 0.3 is 0 Å². The minimum atomic E-state index is -0.298. The van der Waals surface area contributed by atoms with Crippen molar-refractivity contribution >= 4 is 0 Å². The average Bonchev–Trinajstić information content (AvgIpc) is 2.17. The van der Waals surface area contributed by atoms with Gasteiger partial charge in [0.15, 0.2) is 0 Å². The Morgan fingerprint density at radius 2 is 1.73 bits per heavy atom. The van der Waals surface area contributed by atoms with Gasteiger partial charge in [-0.25, -0.2) is 0 Å². The van der Waals surface area contributed by atoms with E-state index < -0.39 is 0 Å². The molecular formula is C14H22O. The van der Waals surface area contributed by atoms with Crippen LogP contribution in [0.2, 0.25) is 0 Å². The zero-order chi connectivity index (χ0) is 11.3. The molecule has 15 heavy (non-hydrogen) atoms. The SMILES string of the molecule is CC(C)(C)CCCC(O)c1ccccc1. The maximum atomic E-state index is 9.92. The van der Waals surface area contributed by atoms with Crippen LogP contribution in [0.4, 0.5) is 0 Å². The van der Waals surface area contributed by atoms with Gasteiger partial charge in [0, 0.05) is 0 Å². The van der Waals surface area contributed by atoms with Gasteiger partial charge in [0.25, 0.3) is 0 Å². The van der Waals surface area contributed by atoms with E-state index >= 15 is 0 Å². The second-order valence-electron chi connectivity index (χ2n) is 5.38. The maximum absolute atomic E-state index is 9.92. The Morgan fingerprint density at radius 3 is 2.27 bits per heavy atom. The number of hydrogen-bond acceptors (Lipinski definition) is 1. The van der Waals surface area contributed by atoms with Crippen molar-refractivity contribution in [3.8, 4) is 0 Å². The maximum Gasteiger partial charge on any atom is 0.0790 e. The van der Waals surface area contributed by atoms with Crippen LogP contribution in [0.3, 0.4) is 0 Å². The third-order valence-corrected chi connectivity index (χ3v) is 2.59. The Kier molecular flexibility index (Phi) is 4.34. The summed E-state index contributed by atoms with van der Waals surface area (Å²) in [6.45, 7) is 6.71. The largest absolute Gasteiger partial charge is 0.388 e. The number of hydrogen-bond donors (Lipinski definition) is 1. The summed E-state index contributed by atoms with van der Waals surface area (Å²) in [5, 5.41) is 9.92. The Bertz CT molecular complexity index is 271. The van der Waals surface area contributed by atoms with E-state index in [9.17, 15) is 5.11 Å². The van der Waals surface area contributed by atoms with Crippen LogP contribution in [0.15, 0.2) is 30.3 Å². The van der Waals surface area contributed by atoms with Crippen LogP contribution in [-0.4, -0.2) is 5.11 Å². The molecule has 0 heterocycles. The fraction of sp³-hybridized carbons (Fsp3) is 0.571. The highest BCUT2D eigenvalue weighted by Gasteiger charge is 2.12. The van der Waals surface area contributed by atoms with Crippen LogP contribution in [0, 0.1) is 5.41 Å². The average molecular weight is 206 g/mol. The molecule has 1 unspecified atom stereocenters. The highest BCUT2D eigenvalue weighted by atomic mass is 16.3. The van der Waals surface area contributed by atoms with E-state index in [4.69, 9.17) is 0 Å². The lowest BCUT2D eigenvalue weighted by Gasteiger charge is -2.19. The summed E-state index contributed by atoms with van der Waals surface area (Å²) >= 11 is 0. The lowest BCUT2D eigenvalue weighted by Crippen LogP contribution is -2.06. The third kappa shape index (κ3) is 4.98. The van der Waals surface area contributed by atoms with Crippen LogP contribution in [0.1, 0.15) is 51.7 Å². The van der Waals surface area contributed by atoms with Crippen LogP contribution < -0.4 is 0 Å². The first kappa shape index (κ1) is 12.3. The Morgan fingerprint density at radius 1 is 1.13 bits per heavy atom. The lowest BCUT2D eigenvalue weighted by molar-refractivity contribution is 0.158. The number of benzene rings is 1. The van der Waals surface area contributed by atoms with Crippen molar-refractivity contribution in [3.05, 3.63) is 35.9 Å². The second kappa shape index (κ2) is 5.32. The van der Waals surface area contributed by atoms with Crippen LogP contribution in [0.5, 0.6) is 0 Å². The number of rotatable bonds is 4. The van der Waals surface area contributed by atoms with Gasteiger partial charge < -0.3 is 5.11 Å². The molecule has 1 atom stereocenters.